The lowest BCUT2D eigenvalue weighted by Gasteiger charge is -2.04. The number of hydrogen-bond donors (Lipinski definition) is 2. The molecule has 2 N–H and O–H groups in total. The van der Waals surface area contributed by atoms with Crippen molar-refractivity contribution in [1.29, 1.82) is 0 Å². The van der Waals surface area contributed by atoms with Gasteiger partial charge in [0.15, 0.2) is 0 Å². The van der Waals surface area contributed by atoms with Gasteiger partial charge >= 0.3 is 0 Å². The monoisotopic (exact) mass is 179 g/mol. The third kappa shape index (κ3) is 3.21. The largest absolute Gasteiger partial charge is 0.287 e. The molecular weight excluding hydrogens is 166 g/mol. The van der Waals surface area contributed by atoms with Crippen LogP contribution in [-0.4, -0.2) is 17.4 Å². The number of nitrogens with one attached hydrogen (secondary N) is 2. The van der Waals surface area contributed by atoms with Crippen LogP contribution in [0.2, 0.25) is 0 Å². The molecule has 1 rings (SSSR count). The van der Waals surface area contributed by atoms with Crippen LogP contribution in [0, 0.1) is 0 Å². The van der Waals surface area contributed by atoms with Gasteiger partial charge in [-0.1, -0.05) is 6.92 Å². The summed E-state index contributed by atoms with van der Waals surface area (Å²) in [5.41, 5.74) is 6.01. The molecule has 0 bridgehead atoms. The molecule has 1 amide bonds. The molecule has 0 aliphatic rings. The number of pyridine rings is 1. The summed E-state index contributed by atoms with van der Waals surface area (Å²) >= 11 is 0. The van der Waals surface area contributed by atoms with Crippen molar-refractivity contribution in [2.45, 2.75) is 13.3 Å². The molecule has 1 aromatic heterocycles. The fraction of sp³-hybridized carbons (Fsp3) is 0.333. The van der Waals surface area contributed by atoms with Crippen molar-refractivity contribution in [2.24, 2.45) is 0 Å². The van der Waals surface area contributed by atoms with E-state index in [0.717, 1.165) is 13.0 Å². The molecule has 1 aromatic rings. The van der Waals surface area contributed by atoms with Crippen molar-refractivity contribution in [1.82, 2.24) is 15.8 Å². The van der Waals surface area contributed by atoms with Crippen LogP contribution < -0.4 is 10.9 Å². The van der Waals surface area contributed by atoms with Crippen LogP contribution >= 0.6 is 0 Å². The molecule has 0 aliphatic heterocycles. The lowest BCUT2D eigenvalue weighted by Crippen LogP contribution is -2.37. The first-order valence-electron chi connectivity index (χ1n) is 4.28. The zero-order valence-electron chi connectivity index (χ0n) is 7.58. The van der Waals surface area contributed by atoms with E-state index in [0.29, 0.717) is 5.56 Å². The highest BCUT2D eigenvalue weighted by Gasteiger charge is 2.01. The van der Waals surface area contributed by atoms with Gasteiger partial charge in [0.25, 0.3) is 5.91 Å². The highest BCUT2D eigenvalue weighted by Crippen LogP contribution is 1.93. The summed E-state index contributed by atoms with van der Waals surface area (Å²) in [7, 11) is 0. The molecule has 0 atom stereocenters. The molecule has 0 spiro atoms. The van der Waals surface area contributed by atoms with E-state index in [1.54, 1.807) is 24.5 Å². The van der Waals surface area contributed by atoms with Crippen LogP contribution in [0.25, 0.3) is 0 Å². The summed E-state index contributed by atoms with van der Waals surface area (Å²) in [5.74, 6) is -0.129. The second-order valence-electron chi connectivity index (χ2n) is 2.62. The predicted molar refractivity (Wildman–Crippen MR) is 50.0 cm³/mol. The number of hydrogen-bond acceptors (Lipinski definition) is 3. The molecule has 1 heterocycles. The lowest BCUT2D eigenvalue weighted by molar-refractivity contribution is 0.0933. The van der Waals surface area contributed by atoms with Crippen molar-refractivity contribution < 1.29 is 4.79 Å². The Balaban J connectivity index is 2.40. The molecule has 13 heavy (non-hydrogen) atoms. The van der Waals surface area contributed by atoms with Crippen molar-refractivity contribution >= 4 is 5.91 Å². The number of carbonyl (C=O) groups excluding carboxylic acids is 1. The maximum absolute atomic E-state index is 11.3. The summed E-state index contributed by atoms with van der Waals surface area (Å²) in [6.45, 7) is 2.81. The average molecular weight is 179 g/mol. The molecule has 0 fully saturated rings. The molecule has 4 nitrogen and oxygen atoms in total. The van der Waals surface area contributed by atoms with E-state index >= 15 is 0 Å². The normalized spacial score (nSPS) is 9.62. The standard InChI is InChI=1S/C9H13N3O/c1-2-5-11-12-9(13)8-3-6-10-7-4-8/h3-4,6-7,11H,2,5H2,1H3,(H,12,13). The Hall–Kier alpha value is -1.42. The molecule has 0 aliphatic carbocycles. The van der Waals surface area contributed by atoms with Crippen LogP contribution in [0.4, 0.5) is 0 Å². The van der Waals surface area contributed by atoms with Crippen molar-refractivity contribution in [2.75, 3.05) is 6.54 Å². The van der Waals surface area contributed by atoms with Gasteiger partial charge in [-0.05, 0) is 18.6 Å². The fourth-order valence-corrected chi connectivity index (χ4v) is 0.843. The molecule has 4 heteroatoms. The minimum absolute atomic E-state index is 0.129. The first kappa shape index (κ1) is 9.67. The number of carbonyl (C=O) groups is 1. The first-order chi connectivity index (χ1) is 6.34. The van der Waals surface area contributed by atoms with Gasteiger partial charge in [0.1, 0.15) is 0 Å². The van der Waals surface area contributed by atoms with Crippen LogP contribution in [0.15, 0.2) is 24.5 Å². The highest BCUT2D eigenvalue weighted by atomic mass is 16.2. The quantitative estimate of drug-likeness (QED) is 0.529. The van der Waals surface area contributed by atoms with Crippen LogP contribution in [0.5, 0.6) is 0 Å². The van der Waals surface area contributed by atoms with Gasteiger partial charge in [-0.3, -0.25) is 15.2 Å². The summed E-state index contributed by atoms with van der Waals surface area (Å²) < 4.78 is 0. The molecule has 0 saturated heterocycles. The number of amides is 1. The molecule has 0 unspecified atom stereocenters. The van der Waals surface area contributed by atoms with E-state index < -0.39 is 0 Å². The Kier molecular flexibility index (Phi) is 3.92. The Morgan fingerprint density at radius 1 is 1.46 bits per heavy atom. The molecule has 0 aromatic carbocycles. The van der Waals surface area contributed by atoms with Crippen LogP contribution in [-0.2, 0) is 0 Å². The first-order valence-corrected chi connectivity index (χ1v) is 4.28. The van der Waals surface area contributed by atoms with Gasteiger partial charge in [-0.25, -0.2) is 5.43 Å². The maximum Gasteiger partial charge on any atom is 0.265 e. The van der Waals surface area contributed by atoms with Gasteiger partial charge in [-0.15, -0.1) is 0 Å². The SMILES string of the molecule is CCCNNC(=O)c1ccncc1. The van der Waals surface area contributed by atoms with Gasteiger partial charge in [0.05, 0.1) is 0 Å². The molecule has 0 radical (unpaired) electrons. The van der Waals surface area contributed by atoms with E-state index in [2.05, 4.69) is 15.8 Å². The summed E-state index contributed by atoms with van der Waals surface area (Å²) in [6.07, 6.45) is 4.17. The zero-order chi connectivity index (χ0) is 9.52. The van der Waals surface area contributed by atoms with Crippen molar-refractivity contribution in [3.8, 4) is 0 Å². The minimum Gasteiger partial charge on any atom is -0.287 e. The summed E-state index contributed by atoms with van der Waals surface area (Å²) in [6, 6.07) is 3.34. The number of rotatable bonds is 4. The Labute approximate surface area is 77.3 Å². The second-order valence-corrected chi connectivity index (χ2v) is 2.62. The molecule has 0 saturated carbocycles. The third-order valence-electron chi connectivity index (χ3n) is 1.52. The van der Waals surface area contributed by atoms with E-state index in [1.807, 2.05) is 6.92 Å². The Morgan fingerprint density at radius 3 is 2.77 bits per heavy atom. The third-order valence-corrected chi connectivity index (χ3v) is 1.52. The predicted octanol–water partition coefficient (Wildman–Crippen LogP) is 0.726. The summed E-state index contributed by atoms with van der Waals surface area (Å²) in [5, 5.41) is 0. The molecule has 70 valence electrons. The number of hydrazine groups is 1. The lowest BCUT2D eigenvalue weighted by atomic mass is 10.3. The Bertz CT molecular complexity index is 261. The number of nitrogens with zero attached hydrogens (tertiary/aromatic N) is 1. The Morgan fingerprint density at radius 2 is 2.15 bits per heavy atom. The maximum atomic E-state index is 11.3. The van der Waals surface area contributed by atoms with Crippen molar-refractivity contribution in [3.63, 3.8) is 0 Å². The van der Waals surface area contributed by atoms with Crippen LogP contribution in [0.1, 0.15) is 23.7 Å². The van der Waals surface area contributed by atoms with E-state index in [4.69, 9.17) is 0 Å². The zero-order valence-corrected chi connectivity index (χ0v) is 7.58. The van der Waals surface area contributed by atoms with Gasteiger partial charge < -0.3 is 0 Å². The van der Waals surface area contributed by atoms with E-state index in [9.17, 15) is 4.79 Å². The average Bonchev–Trinajstić information content (AvgIpc) is 2.19. The van der Waals surface area contributed by atoms with E-state index in [-0.39, 0.29) is 5.91 Å². The van der Waals surface area contributed by atoms with Gasteiger partial charge in [-0.2, -0.15) is 0 Å². The smallest absolute Gasteiger partial charge is 0.265 e. The topological polar surface area (TPSA) is 54.0 Å². The van der Waals surface area contributed by atoms with Crippen LogP contribution in [0.3, 0.4) is 0 Å². The number of aromatic nitrogens is 1. The van der Waals surface area contributed by atoms with E-state index in [1.165, 1.54) is 0 Å². The van der Waals surface area contributed by atoms with Gasteiger partial charge in [0, 0.05) is 24.5 Å². The van der Waals surface area contributed by atoms with Crippen molar-refractivity contribution in [3.05, 3.63) is 30.1 Å². The highest BCUT2D eigenvalue weighted by molar-refractivity contribution is 5.93. The fourth-order valence-electron chi connectivity index (χ4n) is 0.843. The second kappa shape index (κ2) is 5.27. The minimum atomic E-state index is -0.129. The van der Waals surface area contributed by atoms with Gasteiger partial charge in [0.2, 0.25) is 0 Å². The summed E-state index contributed by atoms with van der Waals surface area (Å²) in [4.78, 5) is 15.1. The molecular formula is C9H13N3O.